The van der Waals surface area contributed by atoms with Gasteiger partial charge < -0.3 is 9.47 Å². The Morgan fingerprint density at radius 3 is 2.19 bits per heavy atom. The average molecular weight is 547 g/mol. The molecule has 0 aliphatic heterocycles. The topological polar surface area (TPSA) is 136 Å². The fourth-order valence-electron chi connectivity index (χ4n) is 3.24. The van der Waals surface area contributed by atoms with Gasteiger partial charge in [-0.2, -0.15) is 0 Å². The van der Waals surface area contributed by atoms with Gasteiger partial charge in [-0.1, -0.05) is 6.07 Å². The first-order chi connectivity index (χ1) is 17.3. The molecule has 0 saturated heterocycles. The minimum Gasteiger partial charge on any atom is -0.453 e. The Labute approximate surface area is 220 Å². The number of carbonyl (C=O) groups excluding carboxylic acids is 2. The highest BCUT2D eigenvalue weighted by Crippen LogP contribution is 2.37. The van der Waals surface area contributed by atoms with Gasteiger partial charge in [0.25, 0.3) is 0 Å². The molecule has 0 radical (unpaired) electrons. The van der Waals surface area contributed by atoms with Gasteiger partial charge in [-0.05, 0) is 71.0 Å². The van der Waals surface area contributed by atoms with Gasteiger partial charge in [0.05, 0.1) is 23.0 Å². The van der Waals surface area contributed by atoms with Gasteiger partial charge in [-0.3, -0.25) is 10.6 Å². The van der Waals surface area contributed by atoms with Crippen molar-refractivity contribution < 1.29 is 27.5 Å². The summed E-state index contributed by atoms with van der Waals surface area (Å²) >= 11 is 1.31. The van der Waals surface area contributed by atoms with Crippen LogP contribution in [-0.4, -0.2) is 44.3 Å². The smallest absolute Gasteiger partial charge is 0.411 e. The predicted molar refractivity (Wildman–Crippen MR) is 144 cm³/mol. The van der Waals surface area contributed by atoms with Crippen LogP contribution in [0.15, 0.2) is 53.6 Å². The molecule has 0 bridgehead atoms. The van der Waals surface area contributed by atoms with E-state index in [9.17, 15) is 18.0 Å². The second kappa shape index (κ2) is 11.3. The number of methoxy groups -OCH3 is 1. The number of anilines is 2. The Balaban J connectivity index is 1.94. The van der Waals surface area contributed by atoms with Crippen molar-refractivity contribution >= 4 is 44.9 Å². The molecule has 12 heteroatoms. The molecule has 0 atom stereocenters. The van der Waals surface area contributed by atoms with Gasteiger partial charge in [-0.25, -0.2) is 27.7 Å². The first-order valence-electron chi connectivity index (χ1n) is 11.3. The van der Waals surface area contributed by atoms with Crippen molar-refractivity contribution in [1.82, 2.24) is 9.71 Å². The molecule has 10 nitrogen and oxygen atoms in total. The van der Waals surface area contributed by atoms with Gasteiger partial charge in [-0.15, -0.1) is 11.3 Å². The van der Waals surface area contributed by atoms with E-state index >= 15 is 0 Å². The summed E-state index contributed by atoms with van der Waals surface area (Å²) in [6.45, 7) is 8.76. The number of rotatable bonds is 7. The molecule has 2 amide bonds. The van der Waals surface area contributed by atoms with Crippen molar-refractivity contribution in [3.05, 3.63) is 48.7 Å². The first kappa shape index (κ1) is 28.1. The number of sulfonamides is 1. The second-order valence-corrected chi connectivity index (χ2v) is 12.1. The average Bonchev–Trinajstić information content (AvgIpc) is 3.27. The zero-order valence-electron chi connectivity index (χ0n) is 21.4. The quantitative estimate of drug-likeness (QED) is 0.346. The monoisotopic (exact) mass is 546 g/mol. The Kier molecular flexibility index (Phi) is 8.57. The molecule has 3 aromatic rings. The minimum absolute atomic E-state index is 0.00487. The standard InChI is InChI=1S/C25H30N4O6S2/c1-15(2)35-24(31)27-17-9-7-16(8-10-17)22-26-14-20(36-22)19-12-11-18(28-23(30)34-6)13-21(19)37(32,33)29-25(3,4)5/h7-15,29H,1-6H3,(H,27,31)(H,28,30). The highest BCUT2D eigenvalue weighted by molar-refractivity contribution is 7.89. The van der Waals surface area contributed by atoms with E-state index in [1.54, 1.807) is 77.2 Å². The van der Waals surface area contributed by atoms with Crippen LogP contribution in [0.1, 0.15) is 34.6 Å². The van der Waals surface area contributed by atoms with Crippen molar-refractivity contribution in [2.75, 3.05) is 17.7 Å². The van der Waals surface area contributed by atoms with E-state index < -0.39 is 27.7 Å². The lowest BCUT2D eigenvalue weighted by atomic mass is 10.1. The van der Waals surface area contributed by atoms with Gasteiger partial charge in [0.1, 0.15) is 5.01 Å². The number of nitrogens with one attached hydrogen (secondary N) is 3. The summed E-state index contributed by atoms with van der Waals surface area (Å²) in [4.78, 5) is 28.6. The largest absolute Gasteiger partial charge is 0.453 e. The number of amides is 2. The van der Waals surface area contributed by atoms with E-state index in [0.717, 1.165) is 5.56 Å². The Morgan fingerprint density at radius 1 is 0.973 bits per heavy atom. The fraction of sp³-hybridized carbons (Fsp3) is 0.320. The lowest BCUT2D eigenvalue weighted by Gasteiger charge is -2.22. The highest BCUT2D eigenvalue weighted by Gasteiger charge is 2.26. The zero-order chi connectivity index (χ0) is 27.4. The number of hydrogen-bond donors (Lipinski definition) is 3. The van der Waals surface area contributed by atoms with Crippen molar-refractivity contribution in [2.24, 2.45) is 0 Å². The third kappa shape index (κ3) is 7.75. The van der Waals surface area contributed by atoms with Crippen LogP contribution in [0.2, 0.25) is 0 Å². The van der Waals surface area contributed by atoms with Crippen LogP contribution in [0.25, 0.3) is 21.0 Å². The van der Waals surface area contributed by atoms with E-state index in [1.807, 2.05) is 0 Å². The van der Waals surface area contributed by atoms with Crippen molar-refractivity contribution in [2.45, 2.75) is 51.2 Å². The molecule has 3 rings (SSSR count). The molecule has 0 spiro atoms. The van der Waals surface area contributed by atoms with Crippen molar-refractivity contribution in [3.8, 4) is 21.0 Å². The molecule has 0 aliphatic rings. The van der Waals surface area contributed by atoms with Crippen LogP contribution in [0.3, 0.4) is 0 Å². The lowest BCUT2D eigenvalue weighted by Crippen LogP contribution is -2.40. The van der Waals surface area contributed by atoms with Crippen LogP contribution in [0.5, 0.6) is 0 Å². The summed E-state index contributed by atoms with van der Waals surface area (Å²) in [6, 6.07) is 11.7. The number of thiazole rings is 1. The summed E-state index contributed by atoms with van der Waals surface area (Å²) in [7, 11) is -2.73. The maximum absolute atomic E-state index is 13.3. The molecule has 1 heterocycles. The molecule has 1 aromatic heterocycles. The van der Waals surface area contributed by atoms with E-state index in [0.29, 0.717) is 21.1 Å². The highest BCUT2D eigenvalue weighted by atomic mass is 32.2. The molecule has 0 saturated carbocycles. The predicted octanol–water partition coefficient (Wildman–Crippen LogP) is 5.69. The Hall–Kier alpha value is -3.48. The maximum Gasteiger partial charge on any atom is 0.411 e. The molecule has 3 N–H and O–H groups in total. The number of nitrogens with zero attached hydrogens (tertiary/aromatic N) is 1. The number of aromatic nitrogens is 1. The van der Waals surface area contributed by atoms with Crippen LogP contribution in [0.4, 0.5) is 21.0 Å². The van der Waals surface area contributed by atoms with Gasteiger partial charge >= 0.3 is 12.2 Å². The molecule has 0 fully saturated rings. The number of benzene rings is 2. The summed E-state index contributed by atoms with van der Waals surface area (Å²) in [5.74, 6) is 0. The summed E-state index contributed by atoms with van der Waals surface area (Å²) in [6.07, 6.45) is 0.119. The number of hydrogen-bond acceptors (Lipinski definition) is 8. The molecule has 2 aromatic carbocycles. The molecule has 0 aliphatic carbocycles. The summed E-state index contributed by atoms with van der Waals surface area (Å²) < 4.78 is 39.0. The number of ether oxygens (including phenoxy) is 2. The number of carbonyl (C=O) groups is 2. The van der Waals surface area contributed by atoms with E-state index in [1.165, 1.54) is 24.5 Å². The van der Waals surface area contributed by atoms with Crippen molar-refractivity contribution in [1.29, 1.82) is 0 Å². The van der Waals surface area contributed by atoms with Crippen molar-refractivity contribution in [3.63, 3.8) is 0 Å². The maximum atomic E-state index is 13.3. The first-order valence-corrected chi connectivity index (χ1v) is 13.6. The lowest BCUT2D eigenvalue weighted by molar-refractivity contribution is 0.130. The molecule has 198 valence electrons. The zero-order valence-corrected chi connectivity index (χ0v) is 23.0. The van der Waals surface area contributed by atoms with Crippen LogP contribution < -0.4 is 15.4 Å². The SMILES string of the molecule is COC(=O)Nc1ccc(-c2cnc(-c3ccc(NC(=O)OC(C)C)cc3)s2)c(S(=O)(=O)NC(C)(C)C)c1. The van der Waals surface area contributed by atoms with Crippen LogP contribution in [0, 0.1) is 0 Å². The van der Waals surface area contributed by atoms with E-state index in [4.69, 9.17) is 4.74 Å². The summed E-state index contributed by atoms with van der Waals surface area (Å²) in [5.41, 5.74) is 1.35. The Bertz CT molecular complexity index is 1380. The van der Waals surface area contributed by atoms with Gasteiger partial charge in [0.2, 0.25) is 10.0 Å². The molecular formula is C25H30N4O6S2. The molecule has 0 unspecified atom stereocenters. The van der Waals surface area contributed by atoms with E-state index in [2.05, 4.69) is 25.1 Å². The normalized spacial score (nSPS) is 11.8. The third-order valence-electron chi connectivity index (χ3n) is 4.64. The molecule has 37 heavy (non-hydrogen) atoms. The van der Waals surface area contributed by atoms with Gasteiger partial charge in [0.15, 0.2) is 0 Å². The Morgan fingerprint density at radius 2 is 1.59 bits per heavy atom. The van der Waals surface area contributed by atoms with Crippen LogP contribution >= 0.6 is 11.3 Å². The van der Waals surface area contributed by atoms with Gasteiger partial charge in [0, 0.05) is 34.2 Å². The van der Waals surface area contributed by atoms with Crippen LogP contribution in [-0.2, 0) is 19.5 Å². The third-order valence-corrected chi connectivity index (χ3v) is 7.51. The van der Waals surface area contributed by atoms with E-state index in [-0.39, 0.29) is 16.7 Å². The summed E-state index contributed by atoms with van der Waals surface area (Å²) in [5, 5.41) is 5.82. The second-order valence-electron chi connectivity index (χ2n) is 9.37. The minimum atomic E-state index is -3.96. The molecular weight excluding hydrogens is 516 g/mol. The fourth-order valence-corrected chi connectivity index (χ4v) is 5.93.